The summed E-state index contributed by atoms with van der Waals surface area (Å²) in [6.45, 7) is 5.67. The topological polar surface area (TPSA) is 0 Å². The van der Waals surface area contributed by atoms with E-state index in [4.69, 9.17) is 0 Å². The van der Waals surface area contributed by atoms with E-state index in [-0.39, 0.29) is 11.1 Å². The summed E-state index contributed by atoms with van der Waals surface area (Å²) in [5, 5.41) is 0. The zero-order valence-corrected chi connectivity index (χ0v) is 20.0. The van der Waals surface area contributed by atoms with E-state index in [0.717, 1.165) is 44.1 Å². The predicted molar refractivity (Wildman–Crippen MR) is 136 cm³/mol. The Kier molecular flexibility index (Phi) is 7.90. The fourth-order valence-electron chi connectivity index (χ4n) is 4.87. The Bertz CT molecular complexity index is 1240. The van der Waals surface area contributed by atoms with Gasteiger partial charge in [0, 0.05) is 16.7 Å². The summed E-state index contributed by atoms with van der Waals surface area (Å²) < 4.78 is 59.1. The number of halogens is 4. The maximum absolute atomic E-state index is 15.1. The van der Waals surface area contributed by atoms with Crippen LogP contribution >= 0.6 is 0 Å². The fourth-order valence-corrected chi connectivity index (χ4v) is 4.87. The normalized spacial score (nSPS) is 15.7. The summed E-state index contributed by atoms with van der Waals surface area (Å²) in [6, 6.07) is 12.8. The first kappa shape index (κ1) is 25.0. The summed E-state index contributed by atoms with van der Waals surface area (Å²) in [7, 11) is 0. The van der Waals surface area contributed by atoms with Gasteiger partial charge in [0.25, 0.3) is 0 Å². The van der Waals surface area contributed by atoms with Gasteiger partial charge in [0.05, 0.1) is 0 Å². The van der Waals surface area contributed by atoms with Crippen molar-refractivity contribution in [3.8, 4) is 22.3 Å². The van der Waals surface area contributed by atoms with Gasteiger partial charge in [0.2, 0.25) is 0 Å². The number of rotatable bonds is 8. The molecule has 182 valence electrons. The SMILES string of the molecule is C=CCCC1CC=C(c2ccc(-c3ccc(-c4ccc(CCC)c(F)c4F)cc3)c(F)c2F)CC1. The Morgan fingerprint density at radius 3 is 1.94 bits per heavy atom. The molecule has 0 N–H and O–H groups in total. The molecule has 4 heteroatoms. The smallest absolute Gasteiger partial charge is 0.167 e. The van der Waals surface area contributed by atoms with E-state index in [1.165, 1.54) is 0 Å². The monoisotopic (exact) mass is 478 g/mol. The molecule has 3 aromatic carbocycles. The van der Waals surface area contributed by atoms with Crippen LogP contribution < -0.4 is 0 Å². The number of hydrogen-bond acceptors (Lipinski definition) is 0. The van der Waals surface area contributed by atoms with Crippen LogP contribution in [-0.2, 0) is 6.42 Å². The third-order valence-electron chi connectivity index (χ3n) is 6.92. The Balaban J connectivity index is 1.57. The molecule has 0 radical (unpaired) electrons. The molecular formula is C31H30F4. The van der Waals surface area contributed by atoms with Crippen LogP contribution in [0.4, 0.5) is 17.6 Å². The van der Waals surface area contributed by atoms with Crippen molar-refractivity contribution in [3.63, 3.8) is 0 Å². The molecule has 1 aliphatic rings. The largest absolute Gasteiger partial charge is 0.203 e. The molecule has 1 unspecified atom stereocenters. The molecule has 0 bridgehead atoms. The van der Waals surface area contributed by atoms with Gasteiger partial charge in [-0.15, -0.1) is 6.58 Å². The zero-order chi connectivity index (χ0) is 24.9. The Morgan fingerprint density at radius 1 is 0.800 bits per heavy atom. The van der Waals surface area contributed by atoms with Crippen molar-refractivity contribution in [3.05, 3.63) is 102 Å². The number of benzene rings is 3. The highest BCUT2D eigenvalue weighted by Crippen LogP contribution is 2.37. The van der Waals surface area contributed by atoms with Gasteiger partial charge in [-0.05, 0) is 66.7 Å². The highest BCUT2D eigenvalue weighted by atomic mass is 19.2. The highest BCUT2D eigenvalue weighted by molar-refractivity contribution is 5.74. The first-order valence-corrected chi connectivity index (χ1v) is 12.3. The maximum atomic E-state index is 15.1. The zero-order valence-electron chi connectivity index (χ0n) is 20.0. The van der Waals surface area contributed by atoms with Gasteiger partial charge in [0.15, 0.2) is 23.3 Å². The van der Waals surface area contributed by atoms with Crippen LogP contribution in [0.1, 0.15) is 56.6 Å². The van der Waals surface area contributed by atoms with Crippen LogP contribution in [0.3, 0.4) is 0 Å². The van der Waals surface area contributed by atoms with Crippen molar-refractivity contribution in [1.29, 1.82) is 0 Å². The van der Waals surface area contributed by atoms with Crippen molar-refractivity contribution >= 4 is 5.57 Å². The number of allylic oxidation sites excluding steroid dienone is 3. The molecular weight excluding hydrogens is 448 g/mol. The minimum Gasteiger partial charge on any atom is -0.203 e. The Labute approximate surface area is 205 Å². The van der Waals surface area contributed by atoms with E-state index in [2.05, 4.69) is 6.58 Å². The van der Waals surface area contributed by atoms with Crippen molar-refractivity contribution in [2.75, 3.05) is 0 Å². The van der Waals surface area contributed by atoms with Gasteiger partial charge in [-0.25, -0.2) is 17.6 Å². The Morgan fingerprint density at radius 2 is 1.37 bits per heavy atom. The van der Waals surface area contributed by atoms with E-state index >= 15 is 8.78 Å². The third kappa shape index (κ3) is 5.27. The molecule has 0 spiro atoms. The molecule has 0 saturated carbocycles. The summed E-state index contributed by atoms with van der Waals surface area (Å²) in [5.41, 5.74) is 2.75. The molecule has 0 amide bonds. The van der Waals surface area contributed by atoms with Gasteiger partial charge >= 0.3 is 0 Å². The predicted octanol–water partition coefficient (Wildman–Crippen LogP) is 9.68. The highest BCUT2D eigenvalue weighted by Gasteiger charge is 2.21. The van der Waals surface area contributed by atoms with E-state index in [0.29, 0.717) is 34.6 Å². The lowest BCUT2D eigenvalue weighted by molar-refractivity contribution is 0.452. The van der Waals surface area contributed by atoms with Crippen molar-refractivity contribution in [1.82, 2.24) is 0 Å². The molecule has 1 atom stereocenters. The van der Waals surface area contributed by atoms with E-state index < -0.39 is 23.3 Å². The fraction of sp³-hybridized carbons (Fsp3) is 0.290. The van der Waals surface area contributed by atoms with Crippen LogP contribution in [0.2, 0.25) is 0 Å². The number of hydrogen-bond donors (Lipinski definition) is 0. The standard InChI is InChI=1S/C31H30F4/c1-3-5-7-20-8-10-21(11-9-20)26-18-19-27(31(35)30(26)34)23-14-12-22(13-15-23)25-17-16-24(6-4-2)28(32)29(25)33/h3,10,12-20H,1,4-9,11H2,2H3. The lowest BCUT2D eigenvalue weighted by Gasteiger charge is -2.22. The summed E-state index contributed by atoms with van der Waals surface area (Å²) in [4.78, 5) is 0. The van der Waals surface area contributed by atoms with Crippen LogP contribution in [0.15, 0.2) is 67.3 Å². The molecule has 1 aliphatic carbocycles. The first-order valence-electron chi connectivity index (χ1n) is 12.3. The maximum Gasteiger partial charge on any atom is 0.167 e. The average molecular weight is 479 g/mol. The van der Waals surface area contributed by atoms with Crippen molar-refractivity contribution < 1.29 is 17.6 Å². The molecule has 0 saturated heterocycles. The second-order valence-electron chi connectivity index (χ2n) is 9.25. The lowest BCUT2D eigenvalue weighted by Crippen LogP contribution is -2.07. The minimum absolute atomic E-state index is 0.142. The molecule has 3 aromatic rings. The van der Waals surface area contributed by atoms with Crippen LogP contribution in [0, 0.1) is 29.2 Å². The molecule has 4 rings (SSSR count). The van der Waals surface area contributed by atoms with Gasteiger partial charge in [0.1, 0.15) is 0 Å². The molecule has 0 aromatic heterocycles. The lowest BCUT2D eigenvalue weighted by atomic mass is 9.83. The van der Waals surface area contributed by atoms with Crippen LogP contribution in [0.25, 0.3) is 27.8 Å². The van der Waals surface area contributed by atoms with E-state index in [1.54, 1.807) is 48.5 Å². The van der Waals surface area contributed by atoms with Crippen molar-refractivity contribution in [2.45, 2.75) is 51.9 Å². The van der Waals surface area contributed by atoms with Gasteiger partial charge < -0.3 is 0 Å². The van der Waals surface area contributed by atoms with Crippen LogP contribution in [0.5, 0.6) is 0 Å². The van der Waals surface area contributed by atoms with Gasteiger partial charge in [-0.2, -0.15) is 0 Å². The Hall–Kier alpha value is -3.14. The summed E-state index contributed by atoms with van der Waals surface area (Å²) in [6.07, 6.45) is 9.72. The van der Waals surface area contributed by atoms with Crippen LogP contribution in [-0.4, -0.2) is 0 Å². The van der Waals surface area contributed by atoms with E-state index in [1.807, 2.05) is 19.1 Å². The molecule has 0 heterocycles. The molecule has 0 nitrogen and oxygen atoms in total. The molecule has 0 fully saturated rings. The molecule has 0 aliphatic heterocycles. The van der Waals surface area contributed by atoms with Gasteiger partial charge in [-0.1, -0.05) is 74.0 Å². The van der Waals surface area contributed by atoms with Gasteiger partial charge in [-0.3, -0.25) is 0 Å². The average Bonchev–Trinajstić information content (AvgIpc) is 2.88. The van der Waals surface area contributed by atoms with E-state index in [9.17, 15) is 8.78 Å². The summed E-state index contributed by atoms with van der Waals surface area (Å²) >= 11 is 0. The second kappa shape index (κ2) is 11.1. The number of aryl methyl sites for hydroxylation is 1. The first-order chi connectivity index (χ1) is 16.9. The quantitative estimate of drug-likeness (QED) is 0.223. The molecule has 35 heavy (non-hydrogen) atoms. The minimum atomic E-state index is -0.897. The third-order valence-corrected chi connectivity index (χ3v) is 6.92. The van der Waals surface area contributed by atoms with Crippen molar-refractivity contribution in [2.24, 2.45) is 5.92 Å². The summed E-state index contributed by atoms with van der Waals surface area (Å²) in [5.74, 6) is -2.91. The second-order valence-corrected chi connectivity index (χ2v) is 9.25.